The van der Waals surface area contributed by atoms with Gasteiger partial charge in [0.25, 0.3) is 0 Å². The molecule has 2 rings (SSSR count). The zero-order chi connectivity index (χ0) is 12.1. The molecule has 0 saturated heterocycles. The fourth-order valence-corrected chi connectivity index (χ4v) is 1.95. The average molecular weight is 292 g/mol. The molecular formula is C14H14BrNO. The van der Waals surface area contributed by atoms with Crippen molar-refractivity contribution in [3.63, 3.8) is 0 Å². The molecule has 2 aromatic rings. The van der Waals surface area contributed by atoms with Crippen LogP contribution in [0, 0.1) is 0 Å². The Morgan fingerprint density at radius 2 is 1.88 bits per heavy atom. The van der Waals surface area contributed by atoms with E-state index >= 15 is 0 Å². The SMILES string of the molecule is COc1ccc(Br)c(NCc2ccccc2)c1. The third-order valence-electron chi connectivity index (χ3n) is 2.50. The highest BCUT2D eigenvalue weighted by Gasteiger charge is 2.01. The van der Waals surface area contributed by atoms with E-state index in [1.807, 2.05) is 36.4 Å². The molecule has 2 aromatic carbocycles. The minimum atomic E-state index is 0.798. The predicted molar refractivity (Wildman–Crippen MR) is 74.5 cm³/mol. The summed E-state index contributed by atoms with van der Waals surface area (Å²) in [5.41, 5.74) is 2.29. The second-order valence-corrected chi connectivity index (χ2v) is 4.54. The average Bonchev–Trinajstić information content (AvgIpc) is 2.39. The predicted octanol–water partition coefficient (Wildman–Crippen LogP) is 4.07. The van der Waals surface area contributed by atoms with Gasteiger partial charge in [0.15, 0.2) is 0 Å². The molecule has 0 aromatic heterocycles. The van der Waals surface area contributed by atoms with Crippen molar-refractivity contribution in [1.82, 2.24) is 0 Å². The zero-order valence-corrected chi connectivity index (χ0v) is 11.2. The van der Waals surface area contributed by atoms with Crippen molar-refractivity contribution in [1.29, 1.82) is 0 Å². The Morgan fingerprint density at radius 1 is 1.12 bits per heavy atom. The van der Waals surface area contributed by atoms with Crippen LogP contribution in [0.2, 0.25) is 0 Å². The van der Waals surface area contributed by atoms with Crippen molar-refractivity contribution in [3.8, 4) is 5.75 Å². The molecule has 17 heavy (non-hydrogen) atoms. The van der Waals surface area contributed by atoms with E-state index in [2.05, 4.69) is 33.4 Å². The summed E-state index contributed by atoms with van der Waals surface area (Å²) >= 11 is 3.52. The van der Waals surface area contributed by atoms with Crippen LogP contribution in [0.5, 0.6) is 5.75 Å². The molecule has 0 atom stereocenters. The van der Waals surface area contributed by atoms with Crippen molar-refractivity contribution in [2.75, 3.05) is 12.4 Å². The summed E-state index contributed by atoms with van der Waals surface area (Å²) in [7, 11) is 1.67. The van der Waals surface area contributed by atoms with Crippen LogP contribution in [0.25, 0.3) is 0 Å². The van der Waals surface area contributed by atoms with E-state index < -0.39 is 0 Å². The molecular weight excluding hydrogens is 278 g/mol. The topological polar surface area (TPSA) is 21.3 Å². The quantitative estimate of drug-likeness (QED) is 0.917. The van der Waals surface area contributed by atoms with Crippen LogP contribution in [0.3, 0.4) is 0 Å². The maximum absolute atomic E-state index is 5.20. The Hall–Kier alpha value is -1.48. The van der Waals surface area contributed by atoms with E-state index in [9.17, 15) is 0 Å². The second kappa shape index (κ2) is 5.73. The van der Waals surface area contributed by atoms with Crippen LogP contribution in [0.15, 0.2) is 53.0 Å². The molecule has 0 amide bonds. The van der Waals surface area contributed by atoms with Gasteiger partial charge in [0.1, 0.15) is 5.75 Å². The van der Waals surface area contributed by atoms with E-state index in [1.54, 1.807) is 7.11 Å². The number of hydrogen-bond acceptors (Lipinski definition) is 2. The zero-order valence-electron chi connectivity index (χ0n) is 9.61. The van der Waals surface area contributed by atoms with Gasteiger partial charge in [0.05, 0.1) is 12.8 Å². The van der Waals surface area contributed by atoms with Gasteiger partial charge in [-0.1, -0.05) is 30.3 Å². The molecule has 0 aliphatic rings. The lowest BCUT2D eigenvalue weighted by Gasteiger charge is -2.10. The molecule has 1 N–H and O–H groups in total. The number of halogens is 1. The number of benzene rings is 2. The molecule has 3 heteroatoms. The van der Waals surface area contributed by atoms with Crippen molar-refractivity contribution in [3.05, 3.63) is 58.6 Å². The minimum Gasteiger partial charge on any atom is -0.497 e. The van der Waals surface area contributed by atoms with Crippen LogP contribution < -0.4 is 10.1 Å². The fourth-order valence-electron chi connectivity index (χ4n) is 1.56. The van der Waals surface area contributed by atoms with Crippen LogP contribution in [0.1, 0.15) is 5.56 Å². The fraction of sp³-hybridized carbons (Fsp3) is 0.143. The molecule has 88 valence electrons. The largest absolute Gasteiger partial charge is 0.497 e. The summed E-state index contributed by atoms with van der Waals surface area (Å²) in [4.78, 5) is 0. The second-order valence-electron chi connectivity index (χ2n) is 3.68. The summed E-state index contributed by atoms with van der Waals surface area (Å²) < 4.78 is 6.24. The van der Waals surface area contributed by atoms with Crippen LogP contribution >= 0.6 is 15.9 Å². The maximum Gasteiger partial charge on any atom is 0.121 e. The van der Waals surface area contributed by atoms with Gasteiger partial charge < -0.3 is 10.1 Å². The smallest absolute Gasteiger partial charge is 0.121 e. The summed E-state index contributed by atoms with van der Waals surface area (Å²) in [6.07, 6.45) is 0. The molecule has 0 bridgehead atoms. The van der Waals surface area contributed by atoms with E-state index in [0.29, 0.717) is 0 Å². The van der Waals surface area contributed by atoms with Gasteiger partial charge in [-0.3, -0.25) is 0 Å². The first-order valence-electron chi connectivity index (χ1n) is 5.41. The van der Waals surface area contributed by atoms with Gasteiger partial charge in [0.2, 0.25) is 0 Å². The van der Waals surface area contributed by atoms with E-state index in [-0.39, 0.29) is 0 Å². The normalized spacial score (nSPS) is 10.0. The summed E-state index contributed by atoms with van der Waals surface area (Å²) in [5, 5.41) is 3.38. The molecule has 2 nitrogen and oxygen atoms in total. The Balaban J connectivity index is 2.08. The van der Waals surface area contributed by atoms with Crippen molar-refractivity contribution in [2.24, 2.45) is 0 Å². The van der Waals surface area contributed by atoms with E-state index in [4.69, 9.17) is 4.74 Å². The van der Waals surface area contributed by atoms with Gasteiger partial charge in [-0.2, -0.15) is 0 Å². The Kier molecular flexibility index (Phi) is 4.04. The molecule has 0 radical (unpaired) electrons. The van der Waals surface area contributed by atoms with E-state index in [1.165, 1.54) is 5.56 Å². The highest BCUT2D eigenvalue weighted by Crippen LogP contribution is 2.27. The van der Waals surface area contributed by atoms with Crippen molar-refractivity contribution >= 4 is 21.6 Å². The monoisotopic (exact) mass is 291 g/mol. The number of ether oxygens (including phenoxy) is 1. The summed E-state index contributed by atoms with van der Waals surface area (Å²) in [6.45, 7) is 0.798. The van der Waals surface area contributed by atoms with Gasteiger partial charge >= 0.3 is 0 Å². The molecule has 0 aliphatic carbocycles. The van der Waals surface area contributed by atoms with Crippen molar-refractivity contribution < 1.29 is 4.74 Å². The highest BCUT2D eigenvalue weighted by atomic mass is 79.9. The van der Waals surface area contributed by atoms with Crippen LogP contribution in [0.4, 0.5) is 5.69 Å². The first-order chi connectivity index (χ1) is 8.29. The van der Waals surface area contributed by atoms with Crippen LogP contribution in [-0.4, -0.2) is 7.11 Å². The first kappa shape index (κ1) is 12.0. The lowest BCUT2D eigenvalue weighted by atomic mass is 10.2. The third kappa shape index (κ3) is 3.24. The van der Waals surface area contributed by atoms with Gasteiger partial charge in [-0.25, -0.2) is 0 Å². The van der Waals surface area contributed by atoms with Gasteiger partial charge in [-0.15, -0.1) is 0 Å². The Morgan fingerprint density at radius 3 is 2.59 bits per heavy atom. The number of nitrogens with one attached hydrogen (secondary N) is 1. The Labute approximate surface area is 110 Å². The summed E-state index contributed by atoms with van der Waals surface area (Å²) in [6, 6.07) is 16.2. The standard InChI is InChI=1S/C14H14BrNO/c1-17-12-7-8-13(15)14(9-12)16-10-11-5-3-2-4-6-11/h2-9,16H,10H2,1H3. The highest BCUT2D eigenvalue weighted by molar-refractivity contribution is 9.10. The van der Waals surface area contributed by atoms with Crippen molar-refractivity contribution in [2.45, 2.75) is 6.54 Å². The molecule has 0 aliphatic heterocycles. The lowest BCUT2D eigenvalue weighted by molar-refractivity contribution is 0.415. The maximum atomic E-state index is 5.20. The third-order valence-corrected chi connectivity index (χ3v) is 3.19. The molecule has 0 heterocycles. The van der Waals surface area contributed by atoms with E-state index in [0.717, 1.165) is 22.5 Å². The summed E-state index contributed by atoms with van der Waals surface area (Å²) in [5.74, 6) is 0.851. The molecule has 0 saturated carbocycles. The van der Waals surface area contributed by atoms with Gasteiger partial charge in [0, 0.05) is 17.1 Å². The number of anilines is 1. The molecule has 0 unspecified atom stereocenters. The Bertz CT molecular complexity index is 485. The van der Waals surface area contributed by atoms with Crippen LogP contribution in [-0.2, 0) is 6.54 Å². The number of methoxy groups -OCH3 is 1. The minimum absolute atomic E-state index is 0.798. The number of rotatable bonds is 4. The number of hydrogen-bond donors (Lipinski definition) is 1. The lowest BCUT2D eigenvalue weighted by Crippen LogP contribution is -2.00. The molecule has 0 spiro atoms. The van der Waals surface area contributed by atoms with Gasteiger partial charge in [-0.05, 0) is 33.6 Å². The first-order valence-corrected chi connectivity index (χ1v) is 6.20. The molecule has 0 fully saturated rings.